The van der Waals surface area contributed by atoms with Crippen molar-refractivity contribution >= 4 is 5.69 Å². The minimum Gasteiger partial charge on any atom is -0.396 e. The Morgan fingerprint density at radius 3 is 2.56 bits per heavy atom. The minimum atomic E-state index is -0.0585. The van der Waals surface area contributed by atoms with Crippen LogP contribution in [-0.4, -0.2) is 38.5 Å². The highest BCUT2D eigenvalue weighted by Crippen LogP contribution is 2.30. The summed E-state index contributed by atoms with van der Waals surface area (Å²) in [4.78, 5) is 2.20. The van der Waals surface area contributed by atoms with E-state index >= 15 is 0 Å². The fraction of sp³-hybridized carbons (Fsp3) is 0.538. The molecule has 0 saturated carbocycles. The summed E-state index contributed by atoms with van der Waals surface area (Å²) in [6.07, 6.45) is 0. The quantitative estimate of drug-likeness (QED) is 0.835. The van der Waals surface area contributed by atoms with Crippen molar-refractivity contribution in [3.05, 3.63) is 29.8 Å². The molecule has 0 aliphatic carbocycles. The molecular weight excluding hydrogens is 202 g/mol. The molecule has 1 saturated heterocycles. The van der Waals surface area contributed by atoms with Gasteiger partial charge in [0, 0.05) is 19.3 Å². The van der Waals surface area contributed by atoms with Crippen LogP contribution in [0.4, 0.5) is 5.69 Å². The lowest BCUT2D eigenvalue weighted by molar-refractivity contribution is -0.130. The van der Waals surface area contributed by atoms with E-state index in [0.29, 0.717) is 13.2 Å². The molecule has 88 valence electrons. The fourth-order valence-electron chi connectivity index (χ4n) is 2.20. The van der Waals surface area contributed by atoms with Crippen LogP contribution in [0.3, 0.4) is 0 Å². The molecule has 1 N–H and O–H groups in total. The third-order valence-corrected chi connectivity index (χ3v) is 3.25. The lowest BCUT2D eigenvalue weighted by Gasteiger charge is -2.43. The first-order valence-corrected chi connectivity index (χ1v) is 5.62. The largest absolute Gasteiger partial charge is 0.396 e. The number of anilines is 1. The summed E-state index contributed by atoms with van der Waals surface area (Å²) in [7, 11) is 2.07. The number of rotatable bonds is 4. The number of ether oxygens (including phenoxy) is 1. The van der Waals surface area contributed by atoms with E-state index in [-0.39, 0.29) is 12.0 Å². The summed E-state index contributed by atoms with van der Waals surface area (Å²) in [6, 6.07) is 8.30. The third kappa shape index (κ3) is 2.06. The molecule has 3 nitrogen and oxygen atoms in total. The van der Waals surface area contributed by atoms with Gasteiger partial charge in [0.05, 0.1) is 25.2 Å². The number of para-hydroxylation sites is 1. The van der Waals surface area contributed by atoms with Crippen LogP contribution in [0.5, 0.6) is 0 Å². The summed E-state index contributed by atoms with van der Waals surface area (Å²) >= 11 is 0. The second kappa shape index (κ2) is 4.44. The van der Waals surface area contributed by atoms with Crippen molar-refractivity contribution in [2.75, 3.05) is 38.3 Å². The van der Waals surface area contributed by atoms with Gasteiger partial charge in [-0.25, -0.2) is 0 Å². The summed E-state index contributed by atoms with van der Waals surface area (Å²) in [5.41, 5.74) is 2.43. The normalized spacial score (nSPS) is 17.9. The zero-order chi connectivity index (χ0) is 11.6. The Hall–Kier alpha value is -1.06. The van der Waals surface area contributed by atoms with Gasteiger partial charge in [-0.15, -0.1) is 0 Å². The molecule has 1 aliphatic heterocycles. The van der Waals surface area contributed by atoms with E-state index in [2.05, 4.69) is 31.0 Å². The van der Waals surface area contributed by atoms with Gasteiger partial charge in [0.1, 0.15) is 0 Å². The van der Waals surface area contributed by atoms with Gasteiger partial charge in [0.25, 0.3) is 0 Å². The predicted octanol–water partition coefficient (Wildman–Crippen LogP) is 1.44. The Morgan fingerprint density at radius 1 is 1.38 bits per heavy atom. The first kappa shape index (κ1) is 11.4. The SMILES string of the molecule is Cc1ccccc1N(C)CC1(CO)COC1. The molecule has 1 aromatic rings. The molecule has 1 aromatic carbocycles. The van der Waals surface area contributed by atoms with Gasteiger partial charge in [-0.2, -0.15) is 0 Å². The lowest BCUT2D eigenvalue weighted by atomic mass is 9.86. The Kier molecular flexibility index (Phi) is 3.17. The van der Waals surface area contributed by atoms with Crippen LogP contribution in [0.25, 0.3) is 0 Å². The molecule has 0 radical (unpaired) electrons. The maximum atomic E-state index is 9.39. The average molecular weight is 221 g/mol. The van der Waals surface area contributed by atoms with Crippen molar-refractivity contribution in [2.45, 2.75) is 6.92 Å². The highest BCUT2D eigenvalue weighted by molar-refractivity contribution is 5.52. The van der Waals surface area contributed by atoms with Crippen LogP contribution < -0.4 is 4.90 Å². The molecule has 2 rings (SSSR count). The number of aliphatic hydroxyl groups excluding tert-OH is 1. The Morgan fingerprint density at radius 2 is 2.06 bits per heavy atom. The monoisotopic (exact) mass is 221 g/mol. The first-order valence-electron chi connectivity index (χ1n) is 5.62. The van der Waals surface area contributed by atoms with Crippen LogP contribution >= 0.6 is 0 Å². The number of aryl methyl sites for hydroxylation is 1. The minimum absolute atomic E-state index is 0.0585. The first-order chi connectivity index (χ1) is 7.67. The number of aliphatic hydroxyl groups is 1. The van der Waals surface area contributed by atoms with Crippen molar-refractivity contribution in [1.82, 2.24) is 0 Å². The van der Waals surface area contributed by atoms with Crippen LogP contribution in [0.1, 0.15) is 5.56 Å². The van der Waals surface area contributed by atoms with Gasteiger partial charge in [-0.1, -0.05) is 18.2 Å². The van der Waals surface area contributed by atoms with Crippen molar-refractivity contribution in [3.63, 3.8) is 0 Å². The molecule has 0 aromatic heterocycles. The molecule has 3 heteroatoms. The fourth-order valence-corrected chi connectivity index (χ4v) is 2.20. The lowest BCUT2D eigenvalue weighted by Crippen LogP contribution is -2.52. The molecule has 0 spiro atoms. The second-order valence-corrected chi connectivity index (χ2v) is 4.79. The standard InChI is InChI=1S/C13H19NO2/c1-11-5-3-4-6-12(11)14(2)7-13(8-15)9-16-10-13/h3-6,15H,7-10H2,1-2H3. The van der Waals surface area contributed by atoms with Crippen LogP contribution in [0, 0.1) is 12.3 Å². The summed E-state index contributed by atoms with van der Waals surface area (Å²) < 4.78 is 5.21. The van der Waals surface area contributed by atoms with E-state index in [4.69, 9.17) is 4.74 Å². The number of nitrogens with zero attached hydrogens (tertiary/aromatic N) is 1. The molecule has 1 fully saturated rings. The topological polar surface area (TPSA) is 32.7 Å². The molecule has 1 heterocycles. The third-order valence-electron chi connectivity index (χ3n) is 3.25. The zero-order valence-corrected chi connectivity index (χ0v) is 9.94. The number of hydrogen-bond donors (Lipinski definition) is 1. The summed E-state index contributed by atoms with van der Waals surface area (Å²) in [6.45, 7) is 4.48. The predicted molar refractivity (Wildman–Crippen MR) is 64.8 cm³/mol. The second-order valence-electron chi connectivity index (χ2n) is 4.79. The molecule has 0 bridgehead atoms. The molecule has 1 aliphatic rings. The van der Waals surface area contributed by atoms with Gasteiger partial charge in [0.15, 0.2) is 0 Å². The van der Waals surface area contributed by atoms with E-state index in [1.807, 2.05) is 12.1 Å². The molecule has 16 heavy (non-hydrogen) atoms. The van der Waals surface area contributed by atoms with E-state index in [1.54, 1.807) is 0 Å². The van der Waals surface area contributed by atoms with Gasteiger partial charge >= 0.3 is 0 Å². The summed E-state index contributed by atoms with van der Waals surface area (Å²) in [5.74, 6) is 0. The van der Waals surface area contributed by atoms with Crippen molar-refractivity contribution in [3.8, 4) is 0 Å². The molecular formula is C13H19NO2. The van der Waals surface area contributed by atoms with E-state index in [1.165, 1.54) is 11.3 Å². The van der Waals surface area contributed by atoms with Gasteiger partial charge in [0.2, 0.25) is 0 Å². The molecule has 0 unspecified atom stereocenters. The van der Waals surface area contributed by atoms with Gasteiger partial charge in [-0.05, 0) is 18.6 Å². The smallest absolute Gasteiger partial charge is 0.0584 e. The highest BCUT2D eigenvalue weighted by atomic mass is 16.5. The Balaban J connectivity index is 2.08. The van der Waals surface area contributed by atoms with Crippen molar-refractivity contribution < 1.29 is 9.84 Å². The van der Waals surface area contributed by atoms with E-state index in [0.717, 1.165) is 6.54 Å². The maximum Gasteiger partial charge on any atom is 0.0584 e. The van der Waals surface area contributed by atoms with Crippen LogP contribution in [-0.2, 0) is 4.74 Å². The molecule has 0 amide bonds. The Labute approximate surface area is 96.6 Å². The van der Waals surface area contributed by atoms with E-state index < -0.39 is 0 Å². The highest BCUT2D eigenvalue weighted by Gasteiger charge is 2.39. The Bertz CT molecular complexity index is 355. The van der Waals surface area contributed by atoms with E-state index in [9.17, 15) is 5.11 Å². The zero-order valence-electron chi connectivity index (χ0n) is 9.94. The van der Waals surface area contributed by atoms with Crippen molar-refractivity contribution in [2.24, 2.45) is 5.41 Å². The van der Waals surface area contributed by atoms with Crippen molar-refractivity contribution in [1.29, 1.82) is 0 Å². The number of hydrogen-bond acceptors (Lipinski definition) is 3. The summed E-state index contributed by atoms with van der Waals surface area (Å²) in [5, 5.41) is 9.39. The van der Waals surface area contributed by atoms with Crippen LogP contribution in [0.15, 0.2) is 24.3 Å². The van der Waals surface area contributed by atoms with Crippen LogP contribution in [0.2, 0.25) is 0 Å². The maximum absolute atomic E-state index is 9.39. The average Bonchev–Trinajstić information content (AvgIpc) is 2.24. The molecule has 0 atom stereocenters. The van der Waals surface area contributed by atoms with Gasteiger partial charge in [-0.3, -0.25) is 0 Å². The number of benzene rings is 1. The van der Waals surface area contributed by atoms with Gasteiger partial charge < -0.3 is 14.7 Å².